The van der Waals surface area contributed by atoms with Gasteiger partial charge < -0.3 is 20.1 Å². The number of hydrogen-bond donors (Lipinski definition) is 2. The molecule has 10 nitrogen and oxygen atoms in total. The first kappa shape index (κ1) is 21.8. The van der Waals surface area contributed by atoms with Gasteiger partial charge in [-0.15, -0.1) is 15.3 Å². The summed E-state index contributed by atoms with van der Waals surface area (Å²) in [5.41, 5.74) is 2.50. The van der Waals surface area contributed by atoms with Crippen LogP contribution in [-0.4, -0.2) is 51.9 Å². The van der Waals surface area contributed by atoms with E-state index in [4.69, 9.17) is 9.47 Å². The molecule has 4 aromatic rings. The van der Waals surface area contributed by atoms with E-state index in [0.29, 0.717) is 34.4 Å². The maximum absolute atomic E-state index is 12.3. The molecule has 0 radical (unpaired) electrons. The van der Waals surface area contributed by atoms with Gasteiger partial charge in [0.25, 0.3) is 5.91 Å². The molecule has 33 heavy (non-hydrogen) atoms. The standard InChI is InChI=1S/C23H22N6O4/c1-15(30)25-18-8-6-16(7-9-18)23(31)24-12-13-33-21-11-10-20-26-27-22(29(20)28-21)17-4-3-5-19(14-17)32-2/h3-11,14H,12-13H2,1-2H3,(H,24,31)(H,25,30). The molecule has 10 heteroatoms. The molecule has 0 atom stereocenters. The van der Waals surface area contributed by atoms with Gasteiger partial charge in [0.05, 0.1) is 13.7 Å². The normalized spacial score (nSPS) is 10.6. The van der Waals surface area contributed by atoms with Crippen LogP contribution in [0, 0.1) is 0 Å². The fraction of sp³-hybridized carbons (Fsp3) is 0.174. The minimum absolute atomic E-state index is 0.168. The van der Waals surface area contributed by atoms with Gasteiger partial charge in [-0.05, 0) is 42.5 Å². The van der Waals surface area contributed by atoms with Gasteiger partial charge in [-0.2, -0.15) is 4.52 Å². The molecule has 0 saturated heterocycles. The SMILES string of the molecule is COc1cccc(-c2nnc3ccc(OCCNC(=O)c4ccc(NC(C)=O)cc4)nn23)c1. The zero-order chi connectivity index (χ0) is 23.2. The second kappa shape index (κ2) is 9.77. The van der Waals surface area contributed by atoms with Crippen LogP contribution in [0.3, 0.4) is 0 Å². The van der Waals surface area contributed by atoms with E-state index in [0.717, 1.165) is 5.56 Å². The first-order chi connectivity index (χ1) is 16.0. The van der Waals surface area contributed by atoms with E-state index in [1.807, 2.05) is 24.3 Å². The number of ether oxygens (including phenoxy) is 2. The van der Waals surface area contributed by atoms with E-state index in [1.54, 1.807) is 48.0 Å². The number of benzene rings is 2. The lowest BCUT2D eigenvalue weighted by Crippen LogP contribution is -2.28. The number of fused-ring (bicyclic) bond motifs is 1. The summed E-state index contributed by atoms with van der Waals surface area (Å²) in [5, 5.41) is 18.3. The highest BCUT2D eigenvalue weighted by Gasteiger charge is 2.12. The van der Waals surface area contributed by atoms with E-state index < -0.39 is 0 Å². The van der Waals surface area contributed by atoms with Crippen molar-refractivity contribution >= 4 is 23.1 Å². The van der Waals surface area contributed by atoms with Gasteiger partial charge in [-0.25, -0.2) is 0 Å². The first-order valence-corrected chi connectivity index (χ1v) is 10.2. The zero-order valence-corrected chi connectivity index (χ0v) is 18.1. The Morgan fingerprint density at radius 2 is 1.85 bits per heavy atom. The Bertz CT molecular complexity index is 1290. The van der Waals surface area contributed by atoms with Gasteiger partial charge in [0, 0.05) is 29.8 Å². The van der Waals surface area contributed by atoms with Crippen LogP contribution in [0.1, 0.15) is 17.3 Å². The average Bonchev–Trinajstić information content (AvgIpc) is 3.25. The van der Waals surface area contributed by atoms with Crippen molar-refractivity contribution in [1.82, 2.24) is 25.1 Å². The number of amides is 2. The van der Waals surface area contributed by atoms with E-state index in [9.17, 15) is 9.59 Å². The Morgan fingerprint density at radius 3 is 2.61 bits per heavy atom. The Labute approximate surface area is 189 Å². The van der Waals surface area contributed by atoms with E-state index >= 15 is 0 Å². The number of rotatable bonds is 8. The third-order valence-corrected chi connectivity index (χ3v) is 4.67. The fourth-order valence-corrected chi connectivity index (χ4v) is 3.12. The van der Waals surface area contributed by atoms with Crippen LogP contribution in [0.25, 0.3) is 17.0 Å². The molecule has 2 N–H and O–H groups in total. The second-order valence-corrected chi connectivity index (χ2v) is 7.06. The third kappa shape index (κ3) is 5.24. The molecule has 2 aromatic carbocycles. The smallest absolute Gasteiger partial charge is 0.251 e. The minimum Gasteiger partial charge on any atom is -0.497 e. The number of aromatic nitrogens is 4. The van der Waals surface area contributed by atoms with Crippen molar-refractivity contribution in [3.63, 3.8) is 0 Å². The topological polar surface area (TPSA) is 120 Å². The Hall–Kier alpha value is -4.47. The Morgan fingerprint density at radius 1 is 1.03 bits per heavy atom. The zero-order valence-electron chi connectivity index (χ0n) is 18.1. The average molecular weight is 446 g/mol. The Kier molecular flexibility index (Phi) is 6.44. The van der Waals surface area contributed by atoms with Crippen molar-refractivity contribution < 1.29 is 19.1 Å². The summed E-state index contributed by atoms with van der Waals surface area (Å²) in [6.45, 7) is 1.94. The van der Waals surface area contributed by atoms with Gasteiger partial charge in [-0.3, -0.25) is 9.59 Å². The van der Waals surface area contributed by atoms with Crippen molar-refractivity contribution in [3.05, 3.63) is 66.2 Å². The number of methoxy groups -OCH3 is 1. The number of hydrogen-bond acceptors (Lipinski definition) is 7. The predicted octanol–water partition coefficient (Wildman–Crippen LogP) is 2.57. The van der Waals surface area contributed by atoms with E-state index in [1.165, 1.54) is 6.92 Å². The largest absolute Gasteiger partial charge is 0.497 e. The van der Waals surface area contributed by atoms with Gasteiger partial charge >= 0.3 is 0 Å². The van der Waals surface area contributed by atoms with Gasteiger partial charge in [0.2, 0.25) is 11.8 Å². The predicted molar refractivity (Wildman–Crippen MR) is 121 cm³/mol. The second-order valence-electron chi connectivity index (χ2n) is 7.06. The summed E-state index contributed by atoms with van der Waals surface area (Å²) >= 11 is 0. The minimum atomic E-state index is -0.240. The van der Waals surface area contributed by atoms with E-state index in [2.05, 4.69) is 25.9 Å². The summed E-state index contributed by atoms with van der Waals surface area (Å²) in [5.74, 6) is 1.23. The molecular formula is C23H22N6O4. The molecule has 0 aliphatic carbocycles. The highest BCUT2D eigenvalue weighted by Crippen LogP contribution is 2.23. The third-order valence-electron chi connectivity index (χ3n) is 4.67. The van der Waals surface area contributed by atoms with Gasteiger partial charge in [-0.1, -0.05) is 12.1 Å². The Balaban J connectivity index is 1.35. The lowest BCUT2D eigenvalue weighted by molar-refractivity contribution is -0.114. The first-order valence-electron chi connectivity index (χ1n) is 10.2. The molecule has 0 bridgehead atoms. The lowest BCUT2D eigenvalue weighted by atomic mass is 10.2. The molecule has 4 rings (SSSR count). The van der Waals surface area contributed by atoms with Crippen molar-refractivity contribution in [2.24, 2.45) is 0 Å². The van der Waals surface area contributed by atoms with Crippen molar-refractivity contribution in [2.75, 3.05) is 25.6 Å². The molecule has 0 unspecified atom stereocenters. The summed E-state index contributed by atoms with van der Waals surface area (Å²) in [6, 6.07) is 17.5. The van der Waals surface area contributed by atoms with Crippen molar-refractivity contribution in [3.8, 4) is 23.0 Å². The summed E-state index contributed by atoms with van der Waals surface area (Å²) in [7, 11) is 1.60. The van der Waals surface area contributed by atoms with Crippen LogP contribution in [0.2, 0.25) is 0 Å². The molecule has 0 spiro atoms. The highest BCUT2D eigenvalue weighted by atomic mass is 16.5. The van der Waals surface area contributed by atoms with Crippen LogP contribution >= 0.6 is 0 Å². The molecule has 0 fully saturated rings. The number of anilines is 1. The maximum atomic E-state index is 12.3. The molecule has 0 saturated carbocycles. The fourth-order valence-electron chi connectivity index (χ4n) is 3.12. The maximum Gasteiger partial charge on any atom is 0.251 e. The number of nitrogens with one attached hydrogen (secondary N) is 2. The molecule has 0 aliphatic heterocycles. The van der Waals surface area contributed by atoms with Crippen molar-refractivity contribution in [2.45, 2.75) is 6.92 Å². The summed E-state index contributed by atoms with van der Waals surface area (Å²) in [6.07, 6.45) is 0. The summed E-state index contributed by atoms with van der Waals surface area (Å²) in [4.78, 5) is 23.4. The monoisotopic (exact) mass is 446 g/mol. The number of carbonyl (C=O) groups is 2. The molecule has 2 aromatic heterocycles. The van der Waals surface area contributed by atoms with Gasteiger partial charge in [0.1, 0.15) is 12.4 Å². The molecule has 2 heterocycles. The van der Waals surface area contributed by atoms with E-state index in [-0.39, 0.29) is 25.0 Å². The number of carbonyl (C=O) groups excluding carboxylic acids is 2. The molecule has 2 amide bonds. The number of nitrogens with zero attached hydrogens (tertiary/aromatic N) is 4. The molecule has 168 valence electrons. The van der Waals surface area contributed by atoms with Crippen LogP contribution in [-0.2, 0) is 4.79 Å². The quantitative estimate of drug-likeness (QED) is 0.399. The molecule has 0 aliphatic rings. The van der Waals surface area contributed by atoms with Crippen LogP contribution in [0.15, 0.2) is 60.7 Å². The highest BCUT2D eigenvalue weighted by molar-refractivity contribution is 5.95. The summed E-state index contributed by atoms with van der Waals surface area (Å²) < 4.78 is 12.6. The van der Waals surface area contributed by atoms with Crippen molar-refractivity contribution in [1.29, 1.82) is 0 Å². The molecular weight excluding hydrogens is 424 g/mol. The lowest BCUT2D eigenvalue weighted by Gasteiger charge is -2.08. The van der Waals surface area contributed by atoms with Gasteiger partial charge in [0.15, 0.2) is 11.5 Å². The van der Waals surface area contributed by atoms with Crippen LogP contribution in [0.5, 0.6) is 11.6 Å². The van der Waals surface area contributed by atoms with Crippen LogP contribution in [0.4, 0.5) is 5.69 Å². The van der Waals surface area contributed by atoms with Crippen LogP contribution < -0.4 is 20.1 Å².